The van der Waals surface area contributed by atoms with Gasteiger partial charge in [0.25, 0.3) is 0 Å². The first-order chi connectivity index (χ1) is 6.08. The van der Waals surface area contributed by atoms with E-state index in [0.717, 1.165) is 0 Å². The summed E-state index contributed by atoms with van der Waals surface area (Å²) in [6, 6.07) is 8.03. The summed E-state index contributed by atoms with van der Waals surface area (Å²) in [7, 11) is -3.91. The van der Waals surface area contributed by atoms with Gasteiger partial charge in [-0.1, -0.05) is 30.3 Å². The van der Waals surface area contributed by atoms with Crippen LogP contribution in [0.2, 0.25) is 0 Å². The van der Waals surface area contributed by atoms with E-state index >= 15 is 0 Å². The van der Waals surface area contributed by atoms with Crippen LogP contribution in [0.15, 0.2) is 30.3 Å². The first-order valence-corrected chi connectivity index (χ1v) is 5.70. The molecule has 13 heavy (non-hydrogen) atoms. The maximum Gasteiger partial charge on any atom is 0.308 e. The van der Waals surface area contributed by atoms with Gasteiger partial charge in [0.05, 0.1) is 0 Å². The number of hydrogen-bond donors (Lipinski definition) is 1. The van der Waals surface area contributed by atoms with Crippen LogP contribution in [0.25, 0.3) is 0 Å². The zero-order chi connectivity index (χ0) is 9.90. The van der Waals surface area contributed by atoms with Crippen molar-refractivity contribution in [1.29, 1.82) is 0 Å². The number of benzene rings is 1. The second-order valence-corrected chi connectivity index (χ2v) is 4.96. The van der Waals surface area contributed by atoms with Crippen molar-refractivity contribution < 1.29 is 16.0 Å². The summed E-state index contributed by atoms with van der Waals surface area (Å²) in [6.45, 7) is 0. The topological polar surface area (TPSA) is 63.6 Å². The smallest absolute Gasteiger partial charge is 0.308 e. The number of aliphatic hydroxyl groups is 1. The van der Waals surface area contributed by atoms with Crippen LogP contribution in [0.1, 0.15) is 11.0 Å². The molecule has 6 heteroatoms. The molecule has 72 valence electrons. The summed E-state index contributed by atoms with van der Waals surface area (Å²) in [5.41, 5.74) is -1.33. The second-order valence-electron chi connectivity index (χ2n) is 2.32. The summed E-state index contributed by atoms with van der Waals surface area (Å²) in [6.07, 6.45) is 0. The summed E-state index contributed by atoms with van der Waals surface area (Å²) < 4.78 is 26.2. The second kappa shape index (κ2) is 4.36. The Morgan fingerprint density at radius 1 is 1.31 bits per heavy atom. The van der Waals surface area contributed by atoms with Gasteiger partial charge >= 0.3 is 10.1 Å². The molecule has 0 fully saturated rings. The summed E-state index contributed by atoms with van der Waals surface area (Å²) in [5.74, 6) is 0. The van der Waals surface area contributed by atoms with Crippen molar-refractivity contribution in [3.05, 3.63) is 35.9 Å². The maximum absolute atomic E-state index is 11.0. The van der Waals surface area contributed by atoms with Gasteiger partial charge in [0, 0.05) is 0 Å². The number of halogens is 1. The van der Waals surface area contributed by atoms with Crippen LogP contribution in [0, 0.1) is 0 Å². The predicted octanol–water partition coefficient (Wildman–Crippen LogP) is 1.37. The maximum atomic E-state index is 11.0. The molecule has 0 amide bonds. The van der Waals surface area contributed by atoms with Crippen LogP contribution in [0.3, 0.4) is 0 Å². The van der Waals surface area contributed by atoms with Crippen molar-refractivity contribution in [2.45, 2.75) is 5.44 Å². The third-order valence-corrected chi connectivity index (χ3v) is 3.94. The Bertz CT molecular complexity index is 361. The van der Waals surface area contributed by atoms with Crippen LogP contribution in [-0.4, -0.2) is 13.5 Å². The molecule has 1 atom stereocenters. The van der Waals surface area contributed by atoms with E-state index in [1.807, 2.05) is 0 Å². The van der Waals surface area contributed by atoms with Crippen molar-refractivity contribution in [2.24, 2.45) is 0 Å². The Hall–Kier alpha value is -0.180. The van der Waals surface area contributed by atoms with E-state index in [1.54, 1.807) is 18.2 Å². The number of aliphatic hydroxyl groups excluding tert-OH is 1. The highest BCUT2D eigenvalue weighted by atomic mass is 127. The lowest BCUT2D eigenvalue weighted by molar-refractivity contribution is 0.245. The van der Waals surface area contributed by atoms with Crippen molar-refractivity contribution >= 4 is 33.1 Å². The molecule has 0 saturated carbocycles. The van der Waals surface area contributed by atoms with Gasteiger partial charge < -0.3 is 5.11 Å². The molecule has 1 N–H and O–H groups in total. The zero-order valence-corrected chi connectivity index (χ0v) is 9.40. The SMILES string of the molecule is O=S(=O)(OI)C(O)c1ccccc1. The van der Waals surface area contributed by atoms with E-state index in [-0.39, 0.29) is 0 Å². The molecule has 0 spiro atoms. The molecule has 4 nitrogen and oxygen atoms in total. The first kappa shape index (κ1) is 10.9. The van der Waals surface area contributed by atoms with Crippen LogP contribution >= 0.6 is 23.0 Å². The molecule has 0 aliphatic carbocycles. The molecule has 0 radical (unpaired) electrons. The van der Waals surface area contributed by atoms with Crippen molar-refractivity contribution in [1.82, 2.24) is 0 Å². The number of rotatable bonds is 3. The fourth-order valence-corrected chi connectivity index (χ4v) is 1.97. The summed E-state index contributed by atoms with van der Waals surface area (Å²) in [5, 5.41) is 9.33. The summed E-state index contributed by atoms with van der Waals surface area (Å²) in [4.78, 5) is 0. The Kier molecular flexibility index (Phi) is 3.65. The fraction of sp³-hybridized carbons (Fsp3) is 0.143. The van der Waals surface area contributed by atoms with Crippen molar-refractivity contribution in [3.63, 3.8) is 0 Å². The minimum atomic E-state index is -3.91. The minimum absolute atomic E-state index is 0.291. The van der Waals surface area contributed by atoms with Crippen molar-refractivity contribution in [3.8, 4) is 0 Å². The van der Waals surface area contributed by atoms with Gasteiger partial charge in [0.2, 0.25) is 5.44 Å². The first-order valence-electron chi connectivity index (χ1n) is 3.35. The molecular formula is C7H7IO4S. The van der Waals surface area contributed by atoms with Crippen molar-refractivity contribution in [2.75, 3.05) is 0 Å². The molecular weight excluding hydrogens is 307 g/mol. The van der Waals surface area contributed by atoms with Gasteiger partial charge in [-0.05, 0) is 5.56 Å². The molecule has 1 unspecified atom stereocenters. The lowest BCUT2D eigenvalue weighted by Gasteiger charge is -2.08. The van der Waals surface area contributed by atoms with Crippen LogP contribution in [0.4, 0.5) is 0 Å². The molecule has 1 aromatic carbocycles. The third-order valence-electron chi connectivity index (χ3n) is 1.45. The molecule has 0 bridgehead atoms. The van der Waals surface area contributed by atoms with Gasteiger partial charge in [-0.3, -0.25) is 0 Å². The Morgan fingerprint density at radius 2 is 1.85 bits per heavy atom. The molecule has 1 aromatic rings. The third kappa shape index (κ3) is 2.63. The Labute approximate surface area is 90.4 Å². The van der Waals surface area contributed by atoms with Gasteiger partial charge in [0.15, 0.2) is 0 Å². The molecule has 0 aromatic heterocycles. The van der Waals surface area contributed by atoms with E-state index in [4.69, 9.17) is 0 Å². The Balaban J connectivity index is 2.99. The van der Waals surface area contributed by atoms with E-state index in [9.17, 15) is 13.5 Å². The minimum Gasteiger partial charge on any atom is -0.371 e. The molecule has 0 aliphatic rings. The highest BCUT2D eigenvalue weighted by Gasteiger charge is 2.24. The standard InChI is InChI=1S/C7H7IO4S/c8-12-13(10,11)7(9)6-4-2-1-3-5-6/h1-5,7,9H. The molecule has 0 heterocycles. The van der Waals surface area contributed by atoms with E-state index in [0.29, 0.717) is 5.56 Å². The quantitative estimate of drug-likeness (QED) is 0.856. The normalized spacial score (nSPS) is 14.0. The Morgan fingerprint density at radius 3 is 2.31 bits per heavy atom. The molecule has 0 aliphatic heterocycles. The largest absolute Gasteiger partial charge is 0.371 e. The average molecular weight is 314 g/mol. The fourth-order valence-electron chi connectivity index (χ4n) is 0.819. The van der Waals surface area contributed by atoms with E-state index in [1.165, 1.54) is 35.1 Å². The van der Waals surface area contributed by atoms with Crippen LogP contribution < -0.4 is 0 Å². The van der Waals surface area contributed by atoms with Crippen LogP contribution in [0.5, 0.6) is 0 Å². The highest BCUT2D eigenvalue weighted by molar-refractivity contribution is 14.1. The van der Waals surface area contributed by atoms with E-state index in [2.05, 4.69) is 2.51 Å². The van der Waals surface area contributed by atoms with Gasteiger partial charge in [0.1, 0.15) is 23.0 Å². The lowest BCUT2D eigenvalue weighted by atomic mass is 10.2. The van der Waals surface area contributed by atoms with Gasteiger partial charge in [-0.25, -0.2) is 0 Å². The lowest BCUT2D eigenvalue weighted by Crippen LogP contribution is -2.11. The molecule has 0 saturated heterocycles. The molecule has 1 rings (SSSR count). The van der Waals surface area contributed by atoms with Gasteiger partial charge in [-0.2, -0.15) is 10.9 Å². The van der Waals surface area contributed by atoms with Gasteiger partial charge in [-0.15, -0.1) is 0 Å². The summed E-state index contributed by atoms with van der Waals surface area (Å²) >= 11 is 1.22. The predicted molar refractivity (Wildman–Crippen MR) is 55.4 cm³/mol. The highest BCUT2D eigenvalue weighted by Crippen LogP contribution is 2.21. The number of hydrogen-bond acceptors (Lipinski definition) is 4. The van der Waals surface area contributed by atoms with Crippen LogP contribution in [-0.2, 0) is 12.6 Å². The zero-order valence-electron chi connectivity index (χ0n) is 6.42. The monoisotopic (exact) mass is 314 g/mol. The average Bonchev–Trinajstić information content (AvgIpc) is 2.18. The van der Waals surface area contributed by atoms with E-state index < -0.39 is 15.6 Å².